The quantitative estimate of drug-likeness (QED) is 0.429. The summed E-state index contributed by atoms with van der Waals surface area (Å²) in [6.07, 6.45) is 0.508. The number of anilines is 1. The van der Waals surface area contributed by atoms with Crippen LogP contribution in [-0.2, 0) is 26.0 Å². The molecular weight excluding hydrogens is 478 g/mol. The fourth-order valence-corrected chi connectivity index (χ4v) is 5.29. The summed E-state index contributed by atoms with van der Waals surface area (Å²) in [5.41, 5.74) is 1.23. The molecule has 190 valence electrons. The number of likely N-dealkylation sites (N-methyl/N-ethyl adjacent to an activating group) is 1. The summed E-state index contributed by atoms with van der Waals surface area (Å²) in [5, 5.41) is 2.57. The first-order chi connectivity index (χ1) is 17.3. The van der Waals surface area contributed by atoms with Crippen molar-refractivity contribution in [2.75, 3.05) is 31.6 Å². The van der Waals surface area contributed by atoms with Crippen LogP contribution in [0.15, 0.2) is 89.8 Å². The van der Waals surface area contributed by atoms with Gasteiger partial charge < -0.3 is 15.0 Å². The number of rotatable bonds is 11. The van der Waals surface area contributed by atoms with Crippen LogP contribution in [0.2, 0.25) is 0 Å². The molecule has 9 heteroatoms. The Bertz CT molecular complexity index is 1270. The predicted octanol–water partition coefficient (Wildman–Crippen LogP) is 3.10. The molecule has 0 heterocycles. The minimum absolute atomic E-state index is 0.0406. The van der Waals surface area contributed by atoms with Crippen molar-refractivity contribution >= 4 is 27.5 Å². The van der Waals surface area contributed by atoms with Gasteiger partial charge >= 0.3 is 0 Å². The van der Waals surface area contributed by atoms with Gasteiger partial charge in [-0.15, -0.1) is 0 Å². The second-order valence-corrected chi connectivity index (χ2v) is 9.97. The van der Waals surface area contributed by atoms with Gasteiger partial charge in [-0.1, -0.05) is 60.7 Å². The molecule has 3 aromatic carbocycles. The van der Waals surface area contributed by atoms with Crippen molar-refractivity contribution in [2.45, 2.75) is 24.3 Å². The number of benzene rings is 3. The monoisotopic (exact) mass is 509 g/mol. The van der Waals surface area contributed by atoms with Crippen molar-refractivity contribution in [1.29, 1.82) is 0 Å². The molecule has 8 nitrogen and oxygen atoms in total. The summed E-state index contributed by atoms with van der Waals surface area (Å²) >= 11 is 0. The third kappa shape index (κ3) is 6.23. The van der Waals surface area contributed by atoms with Gasteiger partial charge in [0.15, 0.2) is 0 Å². The molecule has 1 unspecified atom stereocenters. The normalized spacial score (nSPS) is 11.9. The van der Waals surface area contributed by atoms with Crippen LogP contribution in [0.25, 0.3) is 0 Å². The van der Waals surface area contributed by atoms with Crippen LogP contribution < -0.4 is 14.4 Å². The number of sulfonamides is 1. The van der Waals surface area contributed by atoms with Crippen molar-refractivity contribution in [3.8, 4) is 5.75 Å². The lowest BCUT2D eigenvalue weighted by molar-refractivity contribution is -0.138. The van der Waals surface area contributed by atoms with E-state index in [1.807, 2.05) is 30.3 Å². The van der Waals surface area contributed by atoms with Gasteiger partial charge in [-0.05, 0) is 43.2 Å². The van der Waals surface area contributed by atoms with Gasteiger partial charge in [-0.3, -0.25) is 13.9 Å². The minimum atomic E-state index is -4.13. The number of para-hydroxylation sites is 2. The van der Waals surface area contributed by atoms with Crippen LogP contribution in [0.1, 0.15) is 12.5 Å². The highest BCUT2D eigenvalue weighted by atomic mass is 32.2. The summed E-state index contributed by atoms with van der Waals surface area (Å²) in [6, 6.07) is 23.3. The van der Waals surface area contributed by atoms with Crippen molar-refractivity contribution in [1.82, 2.24) is 10.2 Å². The molecular formula is C27H31N3O5S. The molecule has 3 rings (SSSR count). The molecule has 0 saturated carbocycles. The van der Waals surface area contributed by atoms with E-state index in [4.69, 9.17) is 4.74 Å². The number of amides is 2. The smallest absolute Gasteiger partial charge is 0.264 e. The van der Waals surface area contributed by atoms with E-state index in [1.54, 1.807) is 49.4 Å². The van der Waals surface area contributed by atoms with Crippen LogP contribution in [-0.4, -0.2) is 58.4 Å². The second-order valence-electron chi connectivity index (χ2n) is 8.11. The Morgan fingerprint density at radius 1 is 0.917 bits per heavy atom. The predicted molar refractivity (Wildman–Crippen MR) is 139 cm³/mol. The molecule has 0 aliphatic heterocycles. The Hall–Kier alpha value is -3.85. The molecule has 0 radical (unpaired) electrons. The first-order valence-corrected chi connectivity index (χ1v) is 13.0. The van der Waals surface area contributed by atoms with Crippen LogP contribution in [0, 0.1) is 0 Å². The highest BCUT2D eigenvalue weighted by Gasteiger charge is 2.33. The third-order valence-electron chi connectivity index (χ3n) is 5.86. The van der Waals surface area contributed by atoms with E-state index in [0.717, 1.165) is 9.87 Å². The molecule has 0 aliphatic carbocycles. The largest absolute Gasteiger partial charge is 0.495 e. The number of carbonyl (C=O) groups is 2. The molecule has 0 fully saturated rings. The number of nitrogens with zero attached hydrogens (tertiary/aromatic N) is 2. The molecule has 36 heavy (non-hydrogen) atoms. The summed E-state index contributed by atoms with van der Waals surface area (Å²) in [5.74, 6) is -0.543. The topological polar surface area (TPSA) is 96.0 Å². The number of hydrogen-bond acceptors (Lipinski definition) is 5. The van der Waals surface area contributed by atoms with Crippen LogP contribution >= 0.6 is 0 Å². The Balaban J connectivity index is 2.00. The third-order valence-corrected chi connectivity index (χ3v) is 7.64. The van der Waals surface area contributed by atoms with Crippen LogP contribution in [0.3, 0.4) is 0 Å². The Morgan fingerprint density at radius 2 is 1.50 bits per heavy atom. The summed E-state index contributed by atoms with van der Waals surface area (Å²) in [6.45, 7) is 1.36. The van der Waals surface area contributed by atoms with E-state index in [2.05, 4.69) is 5.32 Å². The molecule has 0 saturated heterocycles. The van der Waals surface area contributed by atoms with E-state index >= 15 is 0 Å². The molecule has 0 bridgehead atoms. The van der Waals surface area contributed by atoms with Gasteiger partial charge in [0, 0.05) is 13.6 Å². The Morgan fingerprint density at radius 3 is 2.11 bits per heavy atom. The van der Waals surface area contributed by atoms with Crippen molar-refractivity contribution in [3.05, 3.63) is 90.5 Å². The van der Waals surface area contributed by atoms with Gasteiger partial charge in [0.2, 0.25) is 11.8 Å². The highest BCUT2D eigenvalue weighted by molar-refractivity contribution is 7.92. The number of ether oxygens (including phenoxy) is 1. The Labute approximate surface area is 212 Å². The summed E-state index contributed by atoms with van der Waals surface area (Å²) in [7, 11) is -1.19. The maximum Gasteiger partial charge on any atom is 0.264 e. The summed E-state index contributed by atoms with van der Waals surface area (Å²) < 4.78 is 33.9. The van der Waals surface area contributed by atoms with Crippen LogP contribution in [0.4, 0.5) is 5.69 Å². The van der Waals surface area contributed by atoms with E-state index in [0.29, 0.717) is 12.2 Å². The lowest BCUT2D eigenvalue weighted by Gasteiger charge is -2.32. The average molecular weight is 510 g/mol. The number of hydrogen-bond donors (Lipinski definition) is 1. The van der Waals surface area contributed by atoms with Crippen molar-refractivity contribution < 1.29 is 22.7 Å². The zero-order valence-electron chi connectivity index (χ0n) is 20.6. The first kappa shape index (κ1) is 26.7. The van der Waals surface area contributed by atoms with E-state index in [1.165, 1.54) is 31.2 Å². The number of methoxy groups -OCH3 is 1. The van der Waals surface area contributed by atoms with Gasteiger partial charge in [0.25, 0.3) is 10.0 Å². The van der Waals surface area contributed by atoms with Gasteiger partial charge in [0.1, 0.15) is 18.3 Å². The average Bonchev–Trinajstić information content (AvgIpc) is 2.92. The minimum Gasteiger partial charge on any atom is -0.495 e. The molecule has 0 aromatic heterocycles. The fraction of sp³-hybridized carbons (Fsp3) is 0.259. The second kappa shape index (κ2) is 12.2. The molecule has 0 spiro atoms. The maximum absolute atomic E-state index is 13.7. The molecule has 3 aromatic rings. The zero-order chi connectivity index (χ0) is 26.1. The fourth-order valence-electron chi connectivity index (χ4n) is 3.85. The SMILES string of the molecule is CNC(=O)C(C)N(CCc1ccccc1)C(=O)CN(c1ccccc1OC)S(=O)(=O)c1ccccc1. The van der Waals surface area contributed by atoms with E-state index in [9.17, 15) is 18.0 Å². The summed E-state index contributed by atoms with van der Waals surface area (Å²) in [4.78, 5) is 27.6. The lowest BCUT2D eigenvalue weighted by Crippen LogP contribution is -2.51. The highest BCUT2D eigenvalue weighted by Crippen LogP contribution is 2.32. The standard InChI is InChI=1S/C27H31N3O5S/c1-21(27(32)28-2)29(19-18-22-12-6-4-7-13-22)26(31)20-30(24-16-10-11-17-25(24)35-3)36(33,34)23-14-8-5-9-15-23/h4-17,21H,18-20H2,1-3H3,(H,28,32). The van der Waals surface area contributed by atoms with Crippen LogP contribution in [0.5, 0.6) is 5.75 Å². The Kier molecular flexibility index (Phi) is 9.08. The van der Waals surface area contributed by atoms with Gasteiger partial charge in [0.05, 0.1) is 17.7 Å². The molecule has 0 aliphatic rings. The molecule has 1 atom stereocenters. The van der Waals surface area contributed by atoms with E-state index < -0.39 is 28.5 Å². The van der Waals surface area contributed by atoms with Gasteiger partial charge in [-0.25, -0.2) is 8.42 Å². The van der Waals surface area contributed by atoms with Gasteiger partial charge in [-0.2, -0.15) is 0 Å². The molecule has 1 N–H and O–H groups in total. The lowest BCUT2D eigenvalue weighted by atomic mass is 10.1. The molecule has 2 amide bonds. The number of nitrogens with one attached hydrogen (secondary N) is 1. The van der Waals surface area contributed by atoms with Crippen molar-refractivity contribution in [3.63, 3.8) is 0 Å². The first-order valence-electron chi connectivity index (χ1n) is 11.6. The number of carbonyl (C=O) groups excluding carboxylic acids is 2. The maximum atomic E-state index is 13.7. The zero-order valence-corrected chi connectivity index (χ0v) is 21.4. The van der Waals surface area contributed by atoms with E-state index in [-0.39, 0.29) is 23.0 Å². The van der Waals surface area contributed by atoms with Crippen molar-refractivity contribution in [2.24, 2.45) is 0 Å².